The zero-order valence-corrected chi connectivity index (χ0v) is 22.0. The average molecular weight is 557 g/mol. The number of carbonyl (C=O) groups excluding carboxylic acids is 1. The van der Waals surface area contributed by atoms with Crippen molar-refractivity contribution in [2.75, 3.05) is 5.32 Å². The van der Waals surface area contributed by atoms with Crippen LogP contribution in [0.25, 0.3) is 11.3 Å². The third kappa shape index (κ3) is 5.74. The summed E-state index contributed by atoms with van der Waals surface area (Å²) in [7, 11) is 1.84. The molecule has 41 heavy (non-hydrogen) atoms. The second-order valence-electron chi connectivity index (χ2n) is 9.13. The number of aryl methyl sites for hydroxylation is 2. The number of allylic oxidation sites excluding steroid dienone is 3. The molecule has 3 heterocycles. The molecule has 0 spiro atoms. The van der Waals surface area contributed by atoms with E-state index < -0.39 is 23.1 Å². The summed E-state index contributed by atoms with van der Waals surface area (Å²) in [6.45, 7) is 1.69. The van der Waals surface area contributed by atoms with Crippen molar-refractivity contribution in [2.24, 2.45) is 7.05 Å². The summed E-state index contributed by atoms with van der Waals surface area (Å²) < 4.78 is 37.4. The van der Waals surface area contributed by atoms with Gasteiger partial charge in [0, 0.05) is 55.8 Å². The lowest BCUT2D eigenvalue weighted by Gasteiger charge is -2.19. The molecule has 0 unspecified atom stereocenters. The molecule has 0 radical (unpaired) electrons. The van der Waals surface area contributed by atoms with Crippen molar-refractivity contribution < 1.29 is 19.7 Å². The van der Waals surface area contributed by atoms with Gasteiger partial charge in [-0.05, 0) is 67.6 Å². The van der Waals surface area contributed by atoms with Crippen LogP contribution in [0.2, 0.25) is 0 Å². The van der Waals surface area contributed by atoms with Gasteiger partial charge in [-0.15, -0.1) is 0 Å². The number of ether oxygens (including phenoxy) is 1. The van der Waals surface area contributed by atoms with Crippen LogP contribution < -0.4 is 20.9 Å². The summed E-state index contributed by atoms with van der Waals surface area (Å²) in [5, 5.41) is 13.0. The monoisotopic (exact) mass is 556 g/mol. The topological polar surface area (TPSA) is 114 Å². The second kappa shape index (κ2) is 11.3. The van der Waals surface area contributed by atoms with Gasteiger partial charge >= 0.3 is 0 Å². The molecule has 208 valence electrons. The molecule has 3 N–H and O–H groups in total. The minimum Gasteiger partial charge on any atom is -0.452 e. The van der Waals surface area contributed by atoms with Crippen LogP contribution in [0, 0.1) is 24.0 Å². The van der Waals surface area contributed by atoms with Gasteiger partial charge in [0.25, 0.3) is 11.5 Å². The molecule has 2 aromatic heterocycles. The number of hydrogen-bond acceptors (Lipinski definition) is 6. The van der Waals surface area contributed by atoms with Crippen molar-refractivity contribution in [1.29, 1.82) is 5.41 Å². The fourth-order valence-electron chi connectivity index (χ4n) is 4.19. The molecular weight excluding hydrogens is 530 g/mol. The van der Waals surface area contributed by atoms with E-state index in [-0.39, 0.29) is 24.2 Å². The number of amides is 1. The molecule has 1 amide bonds. The Hall–Kier alpha value is -5.58. The molecule has 1 aliphatic rings. The first-order valence-electron chi connectivity index (χ1n) is 12.4. The molecule has 0 fully saturated rings. The first-order valence-corrected chi connectivity index (χ1v) is 12.4. The lowest BCUT2D eigenvalue weighted by molar-refractivity contribution is 0.102. The van der Waals surface area contributed by atoms with Crippen LogP contribution in [-0.4, -0.2) is 26.2 Å². The van der Waals surface area contributed by atoms with Crippen molar-refractivity contribution in [2.45, 2.75) is 6.92 Å². The smallest absolute Gasteiger partial charge is 0.268 e. The Labute approximate surface area is 234 Å². The van der Waals surface area contributed by atoms with E-state index in [1.807, 2.05) is 13.2 Å². The third-order valence-electron chi connectivity index (χ3n) is 6.20. The van der Waals surface area contributed by atoms with Crippen LogP contribution in [0.3, 0.4) is 0 Å². The number of pyridine rings is 1. The van der Waals surface area contributed by atoms with E-state index in [1.165, 1.54) is 53.1 Å². The number of anilines is 1. The number of imidazole rings is 1. The summed E-state index contributed by atoms with van der Waals surface area (Å²) in [4.78, 5) is 30.4. The molecule has 0 bridgehead atoms. The van der Waals surface area contributed by atoms with Crippen LogP contribution in [0.15, 0.2) is 102 Å². The van der Waals surface area contributed by atoms with Gasteiger partial charge in [0.2, 0.25) is 0 Å². The lowest BCUT2D eigenvalue weighted by atomic mass is 10.1. The molecule has 9 nitrogen and oxygen atoms in total. The molecule has 0 saturated carbocycles. The number of rotatable bonds is 7. The molecule has 11 heteroatoms. The highest BCUT2D eigenvalue weighted by Crippen LogP contribution is 2.28. The quantitative estimate of drug-likeness (QED) is 0.274. The van der Waals surface area contributed by atoms with Crippen LogP contribution in [0.1, 0.15) is 23.2 Å². The number of benzene rings is 2. The van der Waals surface area contributed by atoms with E-state index in [0.717, 1.165) is 12.3 Å². The molecule has 5 rings (SSSR count). The molecule has 0 atom stereocenters. The van der Waals surface area contributed by atoms with E-state index in [1.54, 1.807) is 36.2 Å². The zero-order valence-electron chi connectivity index (χ0n) is 22.0. The fourth-order valence-corrected chi connectivity index (χ4v) is 4.19. The maximum Gasteiger partial charge on any atom is 0.268 e. The number of hydrogen-bond donors (Lipinski definition) is 3. The largest absolute Gasteiger partial charge is 0.452 e. The van der Waals surface area contributed by atoms with Crippen LogP contribution >= 0.6 is 0 Å². The first kappa shape index (κ1) is 27.0. The number of nitrogens with one attached hydrogen (secondary N) is 3. The standard InChI is InChI=1S/C30H24F2N6O3.H2/c1-18-3-9-23(30(40)38(18)22-7-4-20(31)5-8-22)29(39)36-21-6-10-27(24(32)14-21)41-28-13-19(15-34-25(28)11-12-33)26-16-37(2)17-35-26;/h3-17,33-34H,1-2H3,(H,36,39);1H/b25-11-,33-12?;. The predicted octanol–water partition coefficient (Wildman–Crippen LogP) is 5.10. The third-order valence-corrected chi connectivity index (χ3v) is 6.20. The van der Waals surface area contributed by atoms with Gasteiger partial charge in [0.15, 0.2) is 17.3 Å². The van der Waals surface area contributed by atoms with E-state index in [0.29, 0.717) is 28.3 Å². The SMILES string of the molecule is Cc1ccc(C(=O)Nc2ccc(OC3=CC(c4cn(C)cn4)=CN/C3=C\C=N)c(F)c2)c(=O)n1-c1ccc(F)cc1.[HH]. The van der Waals surface area contributed by atoms with Crippen molar-refractivity contribution in [3.8, 4) is 11.4 Å². The summed E-state index contributed by atoms with van der Waals surface area (Å²) in [5.41, 5.74) is 2.08. The van der Waals surface area contributed by atoms with Crippen molar-refractivity contribution >= 4 is 23.4 Å². The first-order chi connectivity index (χ1) is 19.7. The van der Waals surface area contributed by atoms with Crippen molar-refractivity contribution in [3.63, 3.8) is 0 Å². The minimum absolute atomic E-state index is 0. The number of dihydropyridines is 1. The van der Waals surface area contributed by atoms with Gasteiger partial charge in [0.05, 0.1) is 17.7 Å². The van der Waals surface area contributed by atoms with Gasteiger partial charge in [-0.1, -0.05) is 0 Å². The molecule has 2 aromatic carbocycles. The number of aromatic nitrogens is 3. The predicted molar refractivity (Wildman–Crippen MR) is 153 cm³/mol. The summed E-state index contributed by atoms with van der Waals surface area (Å²) in [6.07, 6.45) is 9.37. The maximum absolute atomic E-state index is 15.1. The molecule has 4 aromatic rings. The van der Waals surface area contributed by atoms with E-state index in [9.17, 15) is 14.0 Å². The fraction of sp³-hybridized carbons (Fsp3) is 0.0667. The Bertz CT molecular complexity index is 1820. The maximum atomic E-state index is 15.1. The Kier molecular flexibility index (Phi) is 7.42. The Morgan fingerprint density at radius 2 is 1.93 bits per heavy atom. The van der Waals surface area contributed by atoms with E-state index >= 15 is 4.39 Å². The molecule has 0 saturated heterocycles. The number of nitrogens with zero attached hydrogens (tertiary/aromatic N) is 3. The number of carbonyl (C=O) groups is 1. The summed E-state index contributed by atoms with van der Waals surface area (Å²) in [5.74, 6) is -1.82. The van der Waals surface area contributed by atoms with E-state index in [2.05, 4.69) is 15.6 Å². The highest BCUT2D eigenvalue weighted by atomic mass is 19.1. The van der Waals surface area contributed by atoms with E-state index in [4.69, 9.17) is 10.1 Å². The van der Waals surface area contributed by atoms with Crippen molar-refractivity contribution in [1.82, 2.24) is 19.4 Å². The Morgan fingerprint density at radius 3 is 2.61 bits per heavy atom. The van der Waals surface area contributed by atoms with Gasteiger partial charge in [0.1, 0.15) is 11.4 Å². The normalized spacial score (nSPS) is 13.7. The van der Waals surface area contributed by atoms with Gasteiger partial charge in [-0.25, -0.2) is 13.8 Å². The van der Waals surface area contributed by atoms with Crippen LogP contribution in [0.5, 0.6) is 5.75 Å². The minimum atomic E-state index is -0.764. The van der Waals surface area contributed by atoms with Crippen molar-refractivity contribution in [3.05, 3.63) is 136 Å². The molecule has 1 aliphatic heterocycles. The lowest BCUT2D eigenvalue weighted by Crippen LogP contribution is -2.29. The highest BCUT2D eigenvalue weighted by Gasteiger charge is 2.19. The number of halogens is 2. The summed E-state index contributed by atoms with van der Waals surface area (Å²) in [6, 6.07) is 12.2. The highest BCUT2D eigenvalue weighted by molar-refractivity contribution is 6.04. The molecular formula is C30H26F2N6O3. The van der Waals surface area contributed by atoms with Crippen LogP contribution in [0.4, 0.5) is 14.5 Å². The van der Waals surface area contributed by atoms with Gasteiger partial charge in [-0.3, -0.25) is 14.2 Å². The summed E-state index contributed by atoms with van der Waals surface area (Å²) >= 11 is 0. The van der Waals surface area contributed by atoms with Gasteiger partial charge in [-0.2, -0.15) is 0 Å². The second-order valence-corrected chi connectivity index (χ2v) is 9.13. The average Bonchev–Trinajstić information content (AvgIpc) is 3.38. The van der Waals surface area contributed by atoms with Crippen LogP contribution in [-0.2, 0) is 7.05 Å². The Morgan fingerprint density at radius 1 is 1.15 bits per heavy atom. The zero-order chi connectivity index (χ0) is 29.1. The van der Waals surface area contributed by atoms with Gasteiger partial charge < -0.3 is 25.3 Å². The molecule has 0 aliphatic carbocycles. The Balaban J connectivity index is 0.00000405.